The van der Waals surface area contributed by atoms with Crippen LogP contribution in [0.15, 0.2) is 65.5 Å². The van der Waals surface area contributed by atoms with Crippen molar-refractivity contribution in [1.29, 1.82) is 0 Å². The maximum atomic E-state index is 12.4. The van der Waals surface area contributed by atoms with Gasteiger partial charge in [-0.1, -0.05) is 35.9 Å². The predicted octanol–water partition coefficient (Wildman–Crippen LogP) is 3.10. The molecular formula is C19H17N3O2. The third kappa shape index (κ3) is 3.25. The summed E-state index contributed by atoms with van der Waals surface area (Å²) in [5.74, 6) is -0.520. The number of nitrogens with zero attached hydrogens (tertiary/aromatic N) is 2. The molecule has 0 aliphatic rings. The Morgan fingerprint density at radius 3 is 2.33 bits per heavy atom. The fourth-order valence-corrected chi connectivity index (χ4v) is 2.36. The largest absolute Gasteiger partial charge is 0.320 e. The average Bonchev–Trinajstić information content (AvgIpc) is 2.58. The van der Waals surface area contributed by atoms with Gasteiger partial charge in [0.1, 0.15) is 0 Å². The van der Waals surface area contributed by atoms with Crippen LogP contribution in [-0.2, 0) is 0 Å². The van der Waals surface area contributed by atoms with Crippen molar-refractivity contribution in [3.8, 4) is 5.69 Å². The van der Waals surface area contributed by atoms with E-state index in [9.17, 15) is 9.59 Å². The van der Waals surface area contributed by atoms with Gasteiger partial charge in [0.2, 0.25) is 5.43 Å². The minimum absolute atomic E-state index is 0.134. The van der Waals surface area contributed by atoms with E-state index in [4.69, 9.17) is 0 Å². The van der Waals surface area contributed by atoms with Crippen molar-refractivity contribution in [3.63, 3.8) is 0 Å². The molecule has 1 amide bonds. The molecule has 3 rings (SSSR count). The summed E-state index contributed by atoms with van der Waals surface area (Å²) >= 11 is 0. The van der Waals surface area contributed by atoms with Gasteiger partial charge in [0, 0.05) is 17.4 Å². The summed E-state index contributed by atoms with van der Waals surface area (Å²) in [5, 5.41) is 6.96. The van der Waals surface area contributed by atoms with Crippen molar-refractivity contribution in [3.05, 3.63) is 87.8 Å². The zero-order chi connectivity index (χ0) is 17.1. The lowest BCUT2D eigenvalue weighted by Gasteiger charge is -2.11. The van der Waals surface area contributed by atoms with Crippen molar-refractivity contribution in [2.75, 3.05) is 5.32 Å². The number of benzene rings is 2. The number of aromatic nitrogens is 2. The van der Waals surface area contributed by atoms with E-state index < -0.39 is 11.3 Å². The SMILES string of the molecule is Cc1ccc(NC(=O)c2nn(-c3ccccc3)c(C)cc2=O)cc1. The quantitative estimate of drug-likeness (QED) is 0.807. The maximum absolute atomic E-state index is 12.4. The van der Waals surface area contributed by atoms with Crippen molar-refractivity contribution in [2.24, 2.45) is 0 Å². The number of para-hydroxylation sites is 1. The normalized spacial score (nSPS) is 10.4. The minimum atomic E-state index is -0.520. The second kappa shape index (κ2) is 6.50. The molecule has 0 fully saturated rings. The van der Waals surface area contributed by atoms with Gasteiger partial charge in [-0.25, -0.2) is 4.68 Å². The summed E-state index contributed by atoms with van der Waals surface area (Å²) in [6, 6.07) is 18.2. The molecule has 0 bridgehead atoms. The monoisotopic (exact) mass is 319 g/mol. The number of carbonyl (C=O) groups is 1. The first kappa shape index (κ1) is 15.7. The van der Waals surface area contributed by atoms with Gasteiger partial charge in [-0.15, -0.1) is 0 Å². The lowest BCUT2D eigenvalue weighted by atomic mass is 10.2. The Kier molecular flexibility index (Phi) is 4.24. The number of anilines is 1. The number of amides is 1. The highest BCUT2D eigenvalue weighted by molar-refractivity contribution is 6.02. The molecule has 1 aromatic heterocycles. The standard InChI is InChI=1S/C19H17N3O2/c1-13-8-10-15(11-9-13)20-19(24)18-17(23)12-14(2)22(21-18)16-6-4-3-5-7-16/h3-12H,1-2H3,(H,20,24). The molecule has 0 aliphatic heterocycles. The highest BCUT2D eigenvalue weighted by atomic mass is 16.2. The molecule has 0 aliphatic carbocycles. The van der Waals surface area contributed by atoms with E-state index in [2.05, 4.69) is 10.4 Å². The first-order chi connectivity index (χ1) is 11.5. The fraction of sp³-hybridized carbons (Fsp3) is 0.105. The van der Waals surface area contributed by atoms with E-state index in [1.165, 1.54) is 6.07 Å². The van der Waals surface area contributed by atoms with Gasteiger partial charge in [-0.3, -0.25) is 9.59 Å². The van der Waals surface area contributed by atoms with Crippen molar-refractivity contribution in [1.82, 2.24) is 9.78 Å². The van der Waals surface area contributed by atoms with Crippen LogP contribution in [0.5, 0.6) is 0 Å². The zero-order valence-corrected chi connectivity index (χ0v) is 13.5. The van der Waals surface area contributed by atoms with E-state index in [0.717, 1.165) is 11.3 Å². The molecular weight excluding hydrogens is 302 g/mol. The molecule has 5 nitrogen and oxygen atoms in total. The number of nitrogens with one attached hydrogen (secondary N) is 1. The molecule has 120 valence electrons. The number of hydrogen-bond donors (Lipinski definition) is 1. The van der Waals surface area contributed by atoms with Crippen molar-refractivity contribution in [2.45, 2.75) is 13.8 Å². The first-order valence-electron chi connectivity index (χ1n) is 7.59. The number of hydrogen-bond acceptors (Lipinski definition) is 3. The van der Waals surface area contributed by atoms with Gasteiger partial charge in [-0.2, -0.15) is 5.10 Å². The summed E-state index contributed by atoms with van der Waals surface area (Å²) in [4.78, 5) is 24.6. The molecule has 0 saturated carbocycles. The summed E-state index contributed by atoms with van der Waals surface area (Å²) in [6.07, 6.45) is 0. The van der Waals surface area contributed by atoms with Crippen LogP contribution in [0.25, 0.3) is 5.69 Å². The topological polar surface area (TPSA) is 64.0 Å². The third-order valence-corrected chi connectivity index (χ3v) is 3.63. The Balaban J connectivity index is 1.97. The number of rotatable bonds is 3. The molecule has 1 N–H and O–H groups in total. The van der Waals surface area contributed by atoms with Gasteiger partial charge in [0.25, 0.3) is 5.91 Å². The van der Waals surface area contributed by atoms with Gasteiger partial charge >= 0.3 is 0 Å². The van der Waals surface area contributed by atoms with Crippen LogP contribution < -0.4 is 10.7 Å². The molecule has 0 unspecified atom stereocenters. The number of aryl methyl sites for hydroxylation is 2. The average molecular weight is 319 g/mol. The summed E-state index contributed by atoms with van der Waals surface area (Å²) < 4.78 is 1.59. The zero-order valence-electron chi connectivity index (χ0n) is 13.5. The second-order valence-electron chi connectivity index (χ2n) is 5.57. The van der Waals surface area contributed by atoms with E-state index >= 15 is 0 Å². The van der Waals surface area contributed by atoms with Gasteiger partial charge in [0.15, 0.2) is 5.69 Å². The van der Waals surface area contributed by atoms with E-state index in [1.54, 1.807) is 23.7 Å². The van der Waals surface area contributed by atoms with Crippen LogP contribution >= 0.6 is 0 Å². The Hall–Kier alpha value is -3.21. The van der Waals surface area contributed by atoms with Crippen LogP contribution in [0.2, 0.25) is 0 Å². The van der Waals surface area contributed by atoms with E-state index in [1.807, 2.05) is 49.4 Å². The maximum Gasteiger partial charge on any atom is 0.280 e. The first-order valence-corrected chi connectivity index (χ1v) is 7.59. The molecule has 0 atom stereocenters. The van der Waals surface area contributed by atoms with Crippen LogP contribution in [0.4, 0.5) is 5.69 Å². The van der Waals surface area contributed by atoms with Crippen LogP contribution in [0.1, 0.15) is 21.7 Å². The molecule has 2 aromatic carbocycles. The lowest BCUT2D eigenvalue weighted by molar-refractivity contribution is 0.101. The van der Waals surface area contributed by atoms with Gasteiger partial charge in [0.05, 0.1) is 5.69 Å². The highest BCUT2D eigenvalue weighted by Crippen LogP contribution is 2.11. The molecule has 5 heteroatoms. The van der Waals surface area contributed by atoms with Crippen molar-refractivity contribution < 1.29 is 4.79 Å². The van der Waals surface area contributed by atoms with Crippen LogP contribution in [-0.4, -0.2) is 15.7 Å². The van der Waals surface area contributed by atoms with Gasteiger partial charge < -0.3 is 5.32 Å². The van der Waals surface area contributed by atoms with Crippen LogP contribution in [0.3, 0.4) is 0 Å². The van der Waals surface area contributed by atoms with Gasteiger partial charge in [-0.05, 0) is 38.1 Å². The van der Waals surface area contributed by atoms with Crippen molar-refractivity contribution >= 4 is 11.6 Å². The predicted molar refractivity (Wildman–Crippen MR) is 93.7 cm³/mol. The van der Waals surface area contributed by atoms with E-state index in [-0.39, 0.29) is 5.69 Å². The Bertz CT molecular complexity index is 929. The Labute approximate surface area is 139 Å². The van der Waals surface area contributed by atoms with Crippen LogP contribution in [0, 0.1) is 13.8 Å². The Morgan fingerprint density at radius 2 is 1.67 bits per heavy atom. The molecule has 0 spiro atoms. The Morgan fingerprint density at radius 1 is 1.00 bits per heavy atom. The summed E-state index contributed by atoms with van der Waals surface area (Å²) in [6.45, 7) is 3.74. The number of carbonyl (C=O) groups excluding carboxylic acids is 1. The molecule has 0 saturated heterocycles. The molecule has 3 aromatic rings. The fourth-order valence-electron chi connectivity index (χ4n) is 2.36. The minimum Gasteiger partial charge on any atom is -0.320 e. The summed E-state index contributed by atoms with van der Waals surface area (Å²) in [7, 11) is 0. The third-order valence-electron chi connectivity index (χ3n) is 3.63. The van der Waals surface area contributed by atoms with E-state index in [0.29, 0.717) is 11.4 Å². The molecule has 24 heavy (non-hydrogen) atoms. The molecule has 0 radical (unpaired) electrons. The highest BCUT2D eigenvalue weighted by Gasteiger charge is 2.15. The second-order valence-corrected chi connectivity index (χ2v) is 5.57. The lowest BCUT2D eigenvalue weighted by Crippen LogP contribution is -2.26. The molecule has 1 heterocycles. The summed E-state index contributed by atoms with van der Waals surface area (Å²) in [5.41, 5.74) is 2.64. The smallest absolute Gasteiger partial charge is 0.280 e.